The first-order valence-corrected chi connectivity index (χ1v) is 7.73. The number of rotatable bonds is 4. The van der Waals surface area contributed by atoms with Crippen LogP contribution in [0.3, 0.4) is 0 Å². The lowest BCUT2D eigenvalue weighted by Crippen LogP contribution is -2.52. The number of hydrogen-bond donors (Lipinski definition) is 1. The average molecular weight is 315 g/mol. The number of ether oxygens (including phenoxy) is 1. The van der Waals surface area contributed by atoms with E-state index >= 15 is 0 Å². The van der Waals surface area contributed by atoms with E-state index in [0.29, 0.717) is 30.2 Å². The first-order valence-electron chi connectivity index (χ1n) is 7.73. The third-order valence-electron chi connectivity index (χ3n) is 3.99. The second-order valence-corrected chi connectivity index (χ2v) is 6.09. The van der Waals surface area contributed by atoms with Gasteiger partial charge in [0.25, 0.3) is 5.91 Å². The van der Waals surface area contributed by atoms with Crippen LogP contribution in [0.25, 0.3) is 0 Å². The maximum Gasteiger partial charge on any atom is 0.262 e. The number of aromatic nitrogens is 2. The van der Waals surface area contributed by atoms with Gasteiger partial charge in [-0.2, -0.15) is 5.10 Å². The molecule has 1 aliphatic heterocycles. The van der Waals surface area contributed by atoms with Crippen LogP contribution in [0, 0.1) is 6.92 Å². The molecule has 1 saturated heterocycles. The summed E-state index contributed by atoms with van der Waals surface area (Å²) >= 11 is 0. The van der Waals surface area contributed by atoms with Crippen LogP contribution in [-0.4, -0.2) is 40.0 Å². The normalized spacial score (nSPS) is 14.8. The summed E-state index contributed by atoms with van der Waals surface area (Å²) in [5.74, 6) is 0.0171. The third-order valence-corrected chi connectivity index (χ3v) is 3.99. The van der Waals surface area contributed by atoms with Crippen LogP contribution >= 0.6 is 0 Å². The number of aromatic hydroxyl groups is 1. The van der Waals surface area contributed by atoms with E-state index in [9.17, 15) is 9.90 Å². The summed E-state index contributed by atoms with van der Waals surface area (Å²) in [7, 11) is 0. The Hall–Kier alpha value is -2.34. The quantitative estimate of drug-likeness (QED) is 0.941. The second-order valence-electron chi connectivity index (χ2n) is 6.09. The molecule has 0 bridgehead atoms. The van der Waals surface area contributed by atoms with E-state index in [0.717, 1.165) is 0 Å². The molecule has 1 N–H and O–H groups in total. The summed E-state index contributed by atoms with van der Waals surface area (Å²) in [6.45, 7) is 6.88. The van der Waals surface area contributed by atoms with Crippen molar-refractivity contribution in [2.45, 2.75) is 32.9 Å². The molecule has 0 spiro atoms. The molecular formula is C17H21N3O3. The summed E-state index contributed by atoms with van der Waals surface area (Å²) in [6, 6.07) is 6.90. The van der Waals surface area contributed by atoms with Gasteiger partial charge in [0.2, 0.25) is 0 Å². The minimum absolute atomic E-state index is 0.0221. The van der Waals surface area contributed by atoms with Gasteiger partial charge < -0.3 is 14.7 Å². The zero-order chi connectivity index (χ0) is 16.6. The van der Waals surface area contributed by atoms with Crippen LogP contribution in [0.15, 0.2) is 30.5 Å². The number of carbonyl (C=O) groups is 1. The van der Waals surface area contributed by atoms with Crippen molar-refractivity contribution < 1.29 is 14.6 Å². The molecule has 1 aliphatic rings. The van der Waals surface area contributed by atoms with Crippen LogP contribution in [-0.2, 0) is 4.74 Å². The summed E-state index contributed by atoms with van der Waals surface area (Å²) in [5.41, 5.74) is 1.95. The first kappa shape index (κ1) is 15.6. The fourth-order valence-corrected chi connectivity index (χ4v) is 2.60. The number of phenolic OH excluding ortho intramolecular Hbond substituents is 1. The molecule has 2 aromatic rings. The van der Waals surface area contributed by atoms with Gasteiger partial charge in [-0.05, 0) is 32.9 Å². The van der Waals surface area contributed by atoms with Crippen molar-refractivity contribution in [2.75, 3.05) is 18.1 Å². The highest BCUT2D eigenvalue weighted by molar-refractivity contribution is 6.07. The number of hydrogen-bond acceptors (Lipinski definition) is 4. The fraction of sp³-hybridized carbons (Fsp3) is 0.412. The SMILES string of the molecule is Cc1nn(C(C)C)cc1C(=O)N(c1cccc(O)c1)C1COC1. The summed E-state index contributed by atoms with van der Waals surface area (Å²) in [6.07, 6.45) is 1.79. The zero-order valence-corrected chi connectivity index (χ0v) is 13.6. The molecule has 6 heteroatoms. The molecule has 1 fully saturated rings. The molecule has 6 nitrogen and oxygen atoms in total. The molecule has 0 aliphatic carbocycles. The van der Waals surface area contributed by atoms with Gasteiger partial charge in [0.1, 0.15) is 5.75 Å². The Kier molecular flexibility index (Phi) is 4.09. The maximum absolute atomic E-state index is 13.1. The summed E-state index contributed by atoms with van der Waals surface area (Å²) in [4.78, 5) is 14.8. The highest BCUT2D eigenvalue weighted by atomic mass is 16.5. The second kappa shape index (κ2) is 6.04. The Morgan fingerprint density at radius 3 is 2.70 bits per heavy atom. The number of carbonyl (C=O) groups excluding carboxylic acids is 1. The molecule has 122 valence electrons. The predicted molar refractivity (Wildman–Crippen MR) is 86.9 cm³/mol. The Bertz CT molecular complexity index is 720. The van der Waals surface area contributed by atoms with Crippen LogP contribution in [0.2, 0.25) is 0 Å². The maximum atomic E-state index is 13.1. The summed E-state index contributed by atoms with van der Waals surface area (Å²) in [5, 5.41) is 14.1. The molecule has 2 heterocycles. The monoisotopic (exact) mass is 315 g/mol. The number of phenols is 1. The van der Waals surface area contributed by atoms with Crippen LogP contribution in [0.5, 0.6) is 5.75 Å². The van der Waals surface area contributed by atoms with Crippen molar-refractivity contribution in [3.63, 3.8) is 0 Å². The van der Waals surface area contributed by atoms with E-state index in [4.69, 9.17) is 4.74 Å². The van der Waals surface area contributed by atoms with E-state index in [-0.39, 0.29) is 23.7 Å². The smallest absolute Gasteiger partial charge is 0.262 e. The predicted octanol–water partition coefficient (Wildman–Crippen LogP) is 2.52. The topological polar surface area (TPSA) is 67.6 Å². The Morgan fingerprint density at radius 1 is 1.43 bits per heavy atom. The molecule has 3 rings (SSSR count). The average Bonchev–Trinajstić information content (AvgIpc) is 2.84. The van der Waals surface area contributed by atoms with Crippen molar-refractivity contribution in [3.8, 4) is 5.75 Å². The van der Waals surface area contributed by atoms with Crippen LogP contribution in [0.1, 0.15) is 35.9 Å². The number of aryl methyl sites for hydroxylation is 1. The van der Waals surface area contributed by atoms with E-state index < -0.39 is 0 Å². The number of nitrogens with zero attached hydrogens (tertiary/aromatic N) is 3. The van der Waals surface area contributed by atoms with E-state index in [2.05, 4.69) is 5.10 Å². The molecule has 1 aromatic heterocycles. The Morgan fingerprint density at radius 2 is 2.17 bits per heavy atom. The highest BCUT2D eigenvalue weighted by Gasteiger charge is 2.33. The van der Waals surface area contributed by atoms with E-state index in [1.54, 1.807) is 34.0 Å². The largest absolute Gasteiger partial charge is 0.508 e. The minimum atomic E-state index is -0.117. The van der Waals surface area contributed by atoms with Crippen LogP contribution in [0.4, 0.5) is 5.69 Å². The van der Waals surface area contributed by atoms with Crippen molar-refractivity contribution >= 4 is 11.6 Å². The van der Waals surface area contributed by atoms with Crippen molar-refractivity contribution in [2.24, 2.45) is 0 Å². The van der Waals surface area contributed by atoms with Crippen molar-refractivity contribution in [1.29, 1.82) is 0 Å². The molecule has 1 amide bonds. The van der Waals surface area contributed by atoms with Gasteiger partial charge in [0, 0.05) is 24.0 Å². The number of benzene rings is 1. The molecule has 1 aromatic carbocycles. The Labute approximate surface area is 135 Å². The van der Waals surface area contributed by atoms with Crippen LogP contribution < -0.4 is 4.90 Å². The van der Waals surface area contributed by atoms with Gasteiger partial charge in [-0.15, -0.1) is 0 Å². The summed E-state index contributed by atoms with van der Waals surface area (Å²) < 4.78 is 7.04. The van der Waals surface area contributed by atoms with Gasteiger partial charge in [-0.3, -0.25) is 9.48 Å². The fourth-order valence-electron chi connectivity index (χ4n) is 2.60. The Balaban J connectivity index is 1.98. The van der Waals surface area contributed by atoms with Crippen molar-refractivity contribution in [3.05, 3.63) is 41.7 Å². The van der Waals surface area contributed by atoms with Crippen molar-refractivity contribution in [1.82, 2.24) is 9.78 Å². The minimum Gasteiger partial charge on any atom is -0.508 e. The molecule has 0 atom stereocenters. The zero-order valence-electron chi connectivity index (χ0n) is 13.6. The van der Waals surface area contributed by atoms with Gasteiger partial charge in [-0.1, -0.05) is 6.07 Å². The molecule has 23 heavy (non-hydrogen) atoms. The highest BCUT2D eigenvalue weighted by Crippen LogP contribution is 2.27. The molecular weight excluding hydrogens is 294 g/mol. The van der Waals surface area contributed by atoms with Gasteiger partial charge in [-0.25, -0.2) is 0 Å². The lowest BCUT2D eigenvalue weighted by atomic mass is 10.1. The van der Waals surface area contributed by atoms with Gasteiger partial charge in [0.05, 0.1) is 30.5 Å². The van der Waals surface area contributed by atoms with E-state index in [1.165, 1.54) is 0 Å². The first-order chi connectivity index (χ1) is 11.0. The molecule has 0 saturated carbocycles. The third kappa shape index (κ3) is 2.94. The number of anilines is 1. The lowest BCUT2D eigenvalue weighted by Gasteiger charge is -2.37. The standard InChI is InChI=1S/C17H21N3O3/c1-11(2)19-8-16(12(3)18-19)17(22)20(14-9-23-10-14)13-5-4-6-15(21)7-13/h4-8,11,14,21H,9-10H2,1-3H3. The van der Waals surface area contributed by atoms with E-state index in [1.807, 2.05) is 26.8 Å². The molecule has 0 unspecified atom stereocenters. The lowest BCUT2D eigenvalue weighted by molar-refractivity contribution is 0.00832. The molecule has 0 radical (unpaired) electrons. The van der Waals surface area contributed by atoms with Gasteiger partial charge >= 0.3 is 0 Å². The number of amides is 1. The van der Waals surface area contributed by atoms with Gasteiger partial charge in [0.15, 0.2) is 0 Å².